The van der Waals surface area contributed by atoms with Crippen LogP contribution in [0.3, 0.4) is 0 Å². The molecule has 2 aromatic rings. The lowest BCUT2D eigenvalue weighted by Crippen LogP contribution is -2.26. The number of carbonyl (C=O) groups excluding carboxylic acids is 1. The molecular formula is C20H18F2N2O3. The molecule has 0 aliphatic heterocycles. The van der Waals surface area contributed by atoms with Gasteiger partial charge in [0.15, 0.2) is 11.5 Å². The van der Waals surface area contributed by atoms with Gasteiger partial charge in [0, 0.05) is 6.54 Å². The van der Waals surface area contributed by atoms with Gasteiger partial charge in [0.2, 0.25) is 0 Å². The van der Waals surface area contributed by atoms with Crippen molar-refractivity contribution in [3.63, 3.8) is 0 Å². The number of carbonyl (C=O) groups is 1. The Morgan fingerprint density at radius 3 is 2.59 bits per heavy atom. The van der Waals surface area contributed by atoms with E-state index in [4.69, 9.17) is 4.74 Å². The molecule has 27 heavy (non-hydrogen) atoms. The highest BCUT2D eigenvalue weighted by molar-refractivity contribution is 6.01. The molecule has 140 valence electrons. The zero-order valence-corrected chi connectivity index (χ0v) is 14.6. The van der Waals surface area contributed by atoms with E-state index >= 15 is 0 Å². The Bertz CT molecular complexity index is 846. The van der Waals surface area contributed by atoms with E-state index in [9.17, 15) is 18.8 Å². The topological polar surface area (TPSA) is 71.3 Å². The average molecular weight is 372 g/mol. The van der Waals surface area contributed by atoms with Crippen molar-refractivity contribution < 1.29 is 23.0 Å². The van der Waals surface area contributed by atoms with E-state index in [1.807, 2.05) is 36.4 Å². The fourth-order valence-corrected chi connectivity index (χ4v) is 2.34. The Morgan fingerprint density at radius 2 is 1.96 bits per heavy atom. The van der Waals surface area contributed by atoms with Crippen LogP contribution in [0.2, 0.25) is 0 Å². The summed E-state index contributed by atoms with van der Waals surface area (Å²) >= 11 is 0. The molecule has 0 saturated heterocycles. The molecule has 0 atom stereocenters. The van der Waals surface area contributed by atoms with Gasteiger partial charge in [-0.1, -0.05) is 36.4 Å². The van der Waals surface area contributed by atoms with Crippen molar-refractivity contribution in [1.82, 2.24) is 5.32 Å². The van der Waals surface area contributed by atoms with Crippen LogP contribution >= 0.6 is 0 Å². The quantitative estimate of drug-likeness (QED) is 0.568. The summed E-state index contributed by atoms with van der Waals surface area (Å²) in [5.74, 6) is -0.568. The van der Waals surface area contributed by atoms with Gasteiger partial charge in [-0.15, -0.1) is 0 Å². The van der Waals surface area contributed by atoms with Crippen LogP contribution in [-0.2, 0) is 11.2 Å². The third kappa shape index (κ3) is 6.12. The average Bonchev–Trinajstić information content (AvgIpc) is 2.67. The Balaban J connectivity index is 2.05. The monoisotopic (exact) mass is 372 g/mol. The number of ether oxygens (including phenoxy) is 2. The second-order valence-corrected chi connectivity index (χ2v) is 5.45. The maximum absolute atomic E-state index is 12.4. The Morgan fingerprint density at radius 1 is 1.22 bits per heavy atom. The fraction of sp³-hybridized carbons (Fsp3) is 0.200. The Hall–Kier alpha value is -3.40. The van der Waals surface area contributed by atoms with Crippen LogP contribution < -0.4 is 14.8 Å². The molecule has 0 radical (unpaired) electrons. The van der Waals surface area contributed by atoms with Crippen molar-refractivity contribution in [2.45, 2.75) is 13.0 Å². The summed E-state index contributed by atoms with van der Waals surface area (Å²) in [6.45, 7) is -2.60. The number of halogens is 2. The van der Waals surface area contributed by atoms with Crippen molar-refractivity contribution in [1.29, 1.82) is 5.26 Å². The number of methoxy groups -OCH3 is 1. The van der Waals surface area contributed by atoms with Gasteiger partial charge in [-0.2, -0.15) is 14.0 Å². The summed E-state index contributed by atoms with van der Waals surface area (Å²) in [5, 5.41) is 11.9. The summed E-state index contributed by atoms with van der Waals surface area (Å²) in [4.78, 5) is 12.2. The van der Waals surface area contributed by atoms with E-state index in [1.165, 1.54) is 31.4 Å². The molecule has 0 fully saturated rings. The highest BCUT2D eigenvalue weighted by Gasteiger charge is 2.12. The van der Waals surface area contributed by atoms with Crippen LogP contribution in [0.4, 0.5) is 8.78 Å². The van der Waals surface area contributed by atoms with Gasteiger partial charge in [0.1, 0.15) is 11.6 Å². The first-order chi connectivity index (χ1) is 13.0. The van der Waals surface area contributed by atoms with E-state index in [1.54, 1.807) is 0 Å². The van der Waals surface area contributed by atoms with Gasteiger partial charge < -0.3 is 14.8 Å². The molecule has 0 spiro atoms. The SMILES string of the molecule is COc1cc(/C=C(\C#N)C(=O)NCCc2ccccc2)ccc1OC(F)F. The molecule has 7 heteroatoms. The molecule has 5 nitrogen and oxygen atoms in total. The predicted molar refractivity (Wildman–Crippen MR) is 96.4 cm³/mol. The molecule has 0 saturated carbocycles. The highest BCUT2D eigenvalue weighted by atomic mass is 19.3. The van der Waals surface area contributed by atoms with E-state index in [0.717, 1.165) is 5.56 Å². The van der Waals surface area contributed by atoms with E-state index < -0.39 is 12.5 Å². The summed E-state index contributed by atoms with van der Waals surface area (Å²) in [7, 11) is 1.31. The normalized spacial score (nSPS) is 11.0. The lowest BCUT2D eigenvalue weighted by molar-refractivity contribution is -0.117. The van der Waals surface area contributed by atoms with E-state index in [0.29, 0.717) is 18.5 Å². The lowest BCUT2D eigenvalue weighted by atomic mass is 10.1. The first kappa shape index (κ1) is 19.9. The molecular weight excluding hydrogens is 354 g/mol. The van der Waals surface area contributed by atoms with Gasteiger partial charge in [0.25, 0.3) is 5.91 Å². The lowest BCUT2D eigenvalue weighted by Gasteiger charge is -2.10. The minimum Gasteiger partial charge on any atom is -0.493 e. The summed E-state index contributed by atoms with van der Waals surface area (Å²) in [6, 6.07) is 15.6. The van der Waals surface area contributed by atoms with Crippen LogP contribution in [0.1, 0.15) is 11.1 Å². The molecule has 2 rings (SSSR count). The number of alkyl halides is 2. The number of amides is 1. The van der Waals surface area contributed by atoms with Gasteiger partial charge >= 0.3 is 6.61 Å². The van der Waals surface area contributed by atoms with Crippen LogP contribution in [-0.4, -0.2) is 26.2 Å². The minimum absolute atomic E-state index is 0.0748. The number of nitrogens with one attached hydrogen (secondary N) is 1. The smallest absolute Gasteiger partial charge is 0.387 e. The van der Waals surface area contributed by atoms with E-state index in [2.05, 4.69) is 10.1 Å². The van der Waals surface area contributed by atoms with Crippen molar-refractivity contribution in [3.8, 4) is 17.6 Å². The van der Waals surface area contributed by atoms with Crippen molar-refractivity contribution in [3.05, 3.63) is 65.2 Å². The maximum atomic E-state index is 12.4. The minimum atomic E-state index is -2.98. The van der Waals surface area contributed by atoms with Crippen LogP contribution in [0.5, 0.6) is 11.5 Å². The number of hydrogen-bond acceptors (Lipinski definition) is 4. The summed E-state index contributed by atoms with van der Waals surface area (Å²) in [5.41, 5.74) is 1.41. The van der Waals surface area contributed by atoms with Gasteiger partial charge in [-0.3, -0.25) is 4.79 Å². The third-order valence-corrected chi connectivity index (χ3v) is 3.62. The number of hydrogen-bond donors (Lipinski definition) is 1. The zero-order chi connectivity index (χ0) is 19.6. The number of benzene rings is 2. The van der Waals surface area contributed by atoms with Crippen LogP contribution in [0, 0.1) is 11.3 Å². The van der Waals surface area contributed by atoms with Crippen LogP contribution in [0.15, 0.2) is 54.1 Å². The van der Waals surface area contributed by atoms with Crippen molar-refractivity contribution in [2.75, 3.05) is 13.7 Å². The molecule has 0 aliphatic rings. The third-order valence-electron chi connectivity index (χ3n) is 3.62. The number of rotatable bonds is 8. The molecule has 0 aromatic heterocycles. The number of nitriles is 1. The second kappa shape index (κ2) is 9.92. The number of nitrogens with zero attached hydrogens (tertiary/aromatic N) is 1. The molecule has 1 N–H and O–H groups in total. The van der Waals surface area contributed by atoms with Gasteiger partial charge in [0.05, 0.1) is 7.11 Å². The fourth-order valence-electron chi connectivity index (χ4n) is 2.34. The first-order valence-electron chi connectivity index (χ1n) is 8.10. The predicted octanol–water partition coefficient (Wildman–Crippen LogP) is 3.56. The highest BCUT2D eigenvalue weighted by Crippen LogP contribution is 2.30. The van der Waals surface area contributed by atoms with Gasteiger partial charge in [-0.25, -0.2) is 0 Å². The molecule has 1 amide bonds. The van der Waals surface area contributed by atoms with E-state index in [-0.39, 0.29) is 17.1 Å². The first-order valence-corrected chi connectivity index (χ1v) is 8.10. The van der Waals surface area contributed by atoms with Crippen LogP contribution in [0.25, 0.3) is 6.08 Å². The Kier molecular flexibility index (Phi) is 7.32. The molecule has 0 aliphatic carbocycles. The maximum Gasteiger partial charge on any atom is 0.387 e. The standard InChI is InChI=1S/C20H18F2N2O3/c1-26-18-12-15(7-8-17(18)27-20(21)22)11-16(13-23)19(25)24-10-9-14-5-3-2-4-6-14/h2-8,11-12,20H,9-10H2,1H3,(H,24,25)/b16-11+. The van der Waals surface area contributed by atoms with Crippen molar-refractivity contribution >= 4 is 12.0 Å². The van der Waals surface area contributed by atoms with Gasteiger partial charge in [-0.05, 0) is 35.8 Å². The molecule has 0 heterocycles. The summed E-state index contributed by atoms with van der Waals surface area (Å²) < 4.78 is 34.1. The molecule has 2 aromatic carbocycles. The largest absolute Gasteiger partial charge is 0.493 e. The second-order valence-electron chi connectivity index (χ2n) is 5.45. The molecule has 0 bridgehead atoms. The summed E-state index contributed by atoms with van der Waals surface area (Å²) in [6.07, 6.45) is 1.99. The molecule has 0 unspecified atom stereocenters. The zero-order valence-electron chi connectivity index (χ0n) is 14.6. The Labute approximate surface area is 155 Å². The van der Waals surface area contributed by atoms with Crippen molar-refractivity contribution in [2.24, 2.45) is 0 Å².